The summed E-state index contributed by atoms with van der Waals surface area (Å²) in [5, 5.41) is 7.08. The molecule has 1 aliphatic heterocycles. The van der Waals surface area contributed by atoms with Crippen LogP contribution in [0, 0.1) is 5.82 Å². The molecule has 2 aromatic carbocycles. The molecule has 0 unspecified atom stereocenters. The standard InChI is InChI=1S/C23H26FN5S/c1-2-28-10-12-29(13-11-28)16-20-14-21(24)9-8-19(20)15-25-27-23-26-22(17-30-23)18-6-4-3-5-7-18/h3-9,14-15,17H,2,10-13,16H2,1H3,(H,26,27). The van der Waals surface area contributed by atoms with Crippen molar-refractivity contribution in [2.45, 2.75) is 13.5 Å². The molecule has 0 spiro atoms. The first kappa shape index (κ1) is 20.7. The second-order valence-corrected chi connectivity index (χ2v) is 8.19. The fourth-order valence-electron chi connectivity index (χ4n) is 3.57. The minimum atomic E-state index is -0.213. The van der Waals surface area contributed by atoms with E-state index in [4.69, 9.17) is 0 Å². The number of hydrazone groups is 1. The Balaban J connectivity index is 1.41. The summed E-state index contributed by atoms with van der Waals surface area (Å²) in [5.74, 6) is -0.213. The second-order valence-electron chi connectivity index (χ2n) is 7.33. The van der Waals surface area contributed by atoms with Crippen LogP contribution in [-0.2, 0) is 6.54 Å². The van der Waals surface area contributed by atoms with Crippen LogP contribution in [0.3, 0.4) is 0 Å². The molecule has 1 aromatic heterocycles. The molecule has 0 amide bonds. The molecule has 156 valence electrons. The number of nitrogens with zero attached hydrogens (tertiary/aromatic N) is 4. The molecule has 0 saturated carbocycles. The van der Waals surface area contributed by atoms with Crippen molar-refractivity contribution in [1.82, 2.24) is 14.8 Å². The summed E-state index contributed by atoms with van der Waals surface area (Å²) in [7, 11) is 0. The van der Waals surface area contributed by atoms with E-state index >= 15 is 0 Å². The summed E-state index contributed by atoms with van der Waals surface area (Å²) in [5.41, 5.74) is 6.88. The monoisotopic (exact) mass is 423 g/mol. The highest BCUT2D eigenvalue weighted by Gasteiger charge is 2.16. The Morgan fingerprint density at radius 1 is 1.10 bits per heavy atom. The summed E-state index contributed by atoms with van der Waals surface area (Å²) in [4.78, 5) is 9.39. The van der Waals surface area contributed by atoms with Crippen LogP contribution < -0.4 is 5.43 Å². The van der Waals surface area contributed by atoms with E-state index in [9.17, 15) is 4.39 Å². The molecule has 4 rings (SSSR count). The maximum atomic E-state index is 13.9. The SMILES string of the molecule is CCN1CCN(Cc2cc(F)ccc2C=NNc2nc(-c3ccccc3)cs2)CC1. The molecule has 0 bridgehead atoms. The van der Waals surface area contributed by atoms with Crippen LogP contribution in [0.4, 0.5) is 9.52 Å². The Kier molecular flexibility index (Phi) is 6.84. The number of likely N-dealkylation sites (N-methyl/N-ethyl adjacent to an activating group) is 1. The van der Waals surface area contributed by atoms with Crippen LogP contribution >= 0.6 is 11.3 Å². The Bertz CT molecular complexity index is 980. The van der Waals surface area contributed by atoms with Gasteiger partial charge < -0.3 is 4.90 Å². The Hall–Kier alpha value is -2.61. The number of hydrogen-bond donors (Lipinski definition) is 1. The number of piperazine rings is 1. The molecule has 0 atom stereocenters. The van der Waals surface area contributed by atoms with Crippen molar-refractivity contribution in [3.8, 4) is 11.3 Å². The Labute approximate surface area is 180 Å². The average Bonchev–Trinajstić information content (AvgIpc) is 3.25. The highest BCUT2D eigenvalue weighted by Crippen LogP contribution is 2.24. The van der Waals surface area contributed by atoms with E-state index in [2.05, 4.69) is 32.2 Å². The summed E-state index contributed by atoms with van der Waals surface area (Å²) < 4.78 is 13.9. The maximum Gasteiger partial charge on any atom is 0.203 e. The number of benzene rings is 2. The minimum absolute atomic E-state index is 0.213. The minimum Gasteiger partial charge on any atom is -0.301 e. The molecule has 1 aliphatic rings. The zero-order valence-corrected chi connectivity index (χ0v) is 17.9. The third kappa shape index (κ3) is 5.30. The summed E-state index contributed by atoms with van der Waals surface area (Å²) >= 11 is 1.51. The molecule has 2 heterocycles. The molecular formula is C23H26FN5S. The van der Waals surface area contributed by atoms with Gasteiger partial charge in [-0.15, -0.1) is 11.3 Å². The van der Waals surface area contributed by atoms with Crippen molar-refractivity contribution >= 4 is 22.7 Å². The molecular weight excluding hydrogens is 397 g/mol. The van der Waals surface area contributed by atoms with Crippen LogP contribution in [0.25, 0.3) is 11.3 Å². The highest BCUT2D eigenvalue weighted by atomic mass is 32.1. The van der Waals surface area contributed by atoms with E-state index in [-0.39, 0.29) is 5.82 Å². The second kappa shape index (κ2) is 9.93. The van der Waals surface area contributed by atoms with Crippen molar-refractivity contribution < 1.29 is 4.39 Å². The quantitative estimate of drug-likeness (QED) is 0.448. The lowest BCUT2D eigenvalue weighted by Gasteiger charge is -2.34. The zero-order chi connectivity index (χ0) is 20.8. The van der Waals surface area contributed by atoms with Gasteiger partial charge in [-0.25, -0.2) is 9.37 Å². The van der Waals surface area contributed by atoms with Gasteiger partial charge in [-0.2, -0.15) is 5.10 Å². The average molecular weight is 424 g/mol. The van der Waals surface area contributed by atoms with Crippen LogP contribution in [0.2, 0.25) is 0 Å². The molecule has 7 heteroatoms. The molecule has 1 N–H and O–H groups in total. The molecule has 3 aromatic rings. The van der Waals surface area contributed by atoms with E-state index in [0.29, 0.717) is 0 Å². The lowest BCUT2D eigenvalue weighted by Crippen LogP contribution is -2.45. The highest BCUT2D eigenvalue weighted by molar-refractivity contribution is 7.14. The fraction of sp³-hybridized carbons (Fsp3) is 0.304. The molecule has 30 heavy (non-hydrogen) atoms. The fourth-order valence-corrected chi connectivity index (χ4v) is 4.23. The van der Waals surface area contributed by atoms with E-state index < -0.39 is 0 Å². The van der Waals surface area contributed by atoms with Gasteiger partial charge in [0.15, 0.2) is 0 Å². The van der Waals surface area contributed by atoms with Crippen molar-refractivity contribution in [3.63, 3.8) is 0 Å². The lowest BCUT2D eigenvalue weighted by molar-refractivity contribution is 0.132. The largest absolute Gasteiger partial charge is 0.301 e. The van der Waals surface area contributed by atoms with Crippen LogP contribution in [-0.4, -0.2) is 53.7 Å². The van der Waals surface area contributed by atoms with Gasteiger partial charge in [-0.05, 0) is 29.8 Å². The molecule has 0 radical (unpaired) electrons. The maximum absolute atomic E-state index is 13.9. The van der Waals surface area contributed by atoms with Gasteiger partial charge in [0, 0.05) is 43.7 Å². The number of hydrogen-bond acceptors (Lipinski definition) is 6. The molecule has 5 nitrogen and oxygen atoms in total. The number of aromatic nitrogens is 1. The third-order valence-corrected chi connectivity index (χ3v) is 6.10. The van der Waals surface area contributed by atoms with Gasteiger partial charge in [-0.3, -0.25) is 10.3 Å². The van der Waals surface area contributed by atoms with E-state index in [1.165, 1.54) is 17.4 Å². The van der Waals surface area contributed by atoms with Gasteiger partial charge in [0.1, 0.15) is 5.82 Å². The smallest absolute Gasteiger partial charge is 0.203 e. The predicted octanol–water partition coefficient (Wildman–Crippen LogP) is 4.53. The van der Waals surface area contributed by atoms with Crippen molar-refractivity contribution in [2.24, 2.45) is 5.10 Å². The van der Waals surface area contributed by atoms with Crippen LogP contribution in [0.5, 0.6) is 0 Å². The number of rotatable bonds is 7. The third-order valence-electron chi connectivity index (χ3n) is 5.35. The number of thiazole rings is 1. The van der Waals surface area contributed by atoms with Crippen LogP contribution in [0.1, 0.15) is 18.1 Å². The normalized spacial score (nSPS) is 15.7. The van der Waals surface area contributed by atoms with Gasteiger partial charge in [0.2, 0.25) is 5.13 Å². The molecule has 1 fully saturated rings. The topological polar surface area (TPSA) is 43.8 Å². The van der Waals surface area contributed by atoms with Gasteiger partial charge >= 0.3 is 0 Å². The number of anilines is 1. The number of nitrogens with one attached hydrogen (secondary N) is 1. The number of halogens is 1. The molecule has 0 aliphatic carbocycles. The van der Waals surface area contributed by atoms with E-state index in [0.717, 1.165) is 66.8 Å². The summed E-state index contributed by atoms with van der Waals surface area (Å²) in [6.45, 7) is 8.12. The zero-order valence-electron chi connectivity index (χ0n) is 17.1. The van der Waals surface area contributed by atoms with Crippen molar-refractivity contribution in [1.29, 1.82) is 0 Å². The van der Waals surface area contributed by atoms with Crippen molar-refractivity contribution in [2.75, 3.05) is 38.1 Å². The molecule has 1 saturated heterocycles. The van der Waals surface area contributed by atoms with E-state index in [1.807, 2.05) is 35.7 Å². The summed E-state index contributed by atoms with van der Waals surface area (Å²) in [6, 6.07) is 14.9. The lowest BCUT2D eigenvalue weighted by atomic mass is 10.1. The van der Waals surface area contributed by atoms with Crippen LogP contribution in [0.15, 0.2) is 59.0 Å². The van der Waals surface area contributed by atoms with Gasteiger partial charge in [0.05, 0.1) is 11.9 Å². The van der Waals surface area contributed by atoms with Gasteiger partial charge in [-0.1, -0.05) is 43.3 Å². The first-order chi connectivity index (χ1) is 14.7. The van der Waals surface area contributed by atoms with Crippen molar-refractivity contribution in [3.05, 3.63) is 70.9 Å². The predicted molar refractivity (Wildman–Crippen MR) is 123 cm³/mol. The summed E-state index contributed by atoms with van der Waals surface area (Å²) in [6.07, 6.45) is 1.75. The Morgan fingerprint density at radius 2 is 1.87 bits per heavy atom. The Morgan fingerprint density at radius 3 is 2.63 bits per heavy atom. The van der Waals surface area contributed by atoms with Gasteiger partial charge in [0.25, 0.3) is 0 Å². The van der Waals surface area contributed by atoms with E-state index in [1.54, 1.807) is 18.3 Å². The first-order valence-corrected chi connectivity index (χ1v) is 11.1. The first-order valence-electron chi connectivity index (χ1n) is 10.2.